The van der Waals surface area contributed by atoms with Crippen LogP contribution in [0.25, 0.3) is 0 Å². The van der Waals surface area contributed by atoms with Crippen LogP contribution in [0.3, 0.4) is 0 Å². The van der Waals surface area contributed by atoms with E-state index in [1.807, 2.05) is 24.4 Å². The van der Waals surface area contributed by atoms with Crippen LogP contribution < -0.4 is 5.32 Å². The van der Waals surface area contributed by atoms with Crippen LogP contribution in [0.2, 0.25) is 0 Å². The molecule has 1 aliphatic rings. The molecule has 3 aromatic rings. The highest BCUT2D eigenvalue weighted by Gasteiger charge is 2.26. The van der Waals surface area contributed by atoms with Crippen LogP contribution in [-0.4, -0.2) is 15.7 Å². The molecule has 0 bridgehead atoms. The van der Waals surface area contributed by atoms with Gasteiger partial charge in [-0.2, -0.15) is 5.10 Å². The lowest BCUT2D eigenvalue weighted by Gasteiger charge is -2.24. The Kier molecular flexibility index (Phi) is 3.91. The molecule has 5 nitrogen and oxygen atoms in total. The average molecular weight is 321 g/mol. The maximum absolute atomic E-state index is 12.3. The van der Waals surface area contributed by atoms with E-state index in [-0.39, 0.29) is 11.9 Å². The number of nitrogens with one attached hydrogen (secondary N) is 1. The highest BCUT2D eigenvalue weighted by Crippen LogP contribution is 2.30. The van der Waals surface area contributed by atoms with Crippen molar-refractivity contribution in [1.29, 1.82) is 0 Å². The van der Waals surface area contributed by atoms with Gasteiger partial charge in [-0.3, -0.25) is 9.48 Å². The summed E-state index contributed by atoms with van der Waals surface area (Å²) in [5.74, 6) is -0.0996. The van der Waals surface area contributed by atoms with Crippen molar-refractivity contribution in [2.45, 2.75) is 31.8 Å². The van der Waals surface area contributed by atoms with Crippen molar-refractivity contribution in [3.05, 3.63) is 77.5 Å². The Hall–Kier alpha value is -2.82. The fourth-order valence-corrected chi connectivity index (χ4v) is 3.30. The van der Waals surface area contributed by atoms with Crippen molar-refractivity contribution in [3.8, 4) is 0 Å². The van der Waals surface area contributed by atoms with Crippen LogP contribution in [0.5, 0.6) is 0 Å². The number of carbonyl (C=O) groups excluding carboxylic acids is 1. The average Bonchev–Trinajstić information content (AvgIpc) is 3.27. The van der Waals surface area contributed by atoms with E-state index in [1.54, 1.807) is 6.07 Å². The zero-order valence-corrected chi connectivity index (χ0v) is 13.3. The molecule has 2 heterocycles. The molecule has 0 saturated heterocycles. The minimum Gasteiger partial charge on any atom is -0.472 e. The zero-order valence-electron chi connectivity index (χ0n) is 13.3. The van der Waals surface area contributed by atoms with Crippen molar-refractivity contribution in [2.24, 2.45) is 0 Å². The second-order valence-electron chi connectivity index (χ2n) is 6.12. The van der Waals surface area contributed by atoms with Gasteiger partial charge in [0.25, 0.3) is 5.91 Å². The van der Waals surface area contributed by atoms with Gasteiger partial charge in [-0.15, -0.1) is 0 Å². The number of fused-ring (bicyclic) bond motifs is 1. The largest absolute Gasteiger partial charge is 0.472 e. The minimum atomic E-state index is -0.0996. The minimum absolute atomic E-state index is 0.0145. The third-order valence-corrected chi connectivity index (χ3v) is 4.53. The van der Waals surface area contributed by atoms with Gasteiger partial charge in [0.1, 0.15) is 6.26 Å². The summed E-state index contributed by atoms with van der Waals surface area (Å²) in [4.78, 5) is 12.3. The van der Waals surface area contributed by atoms with E-state index in [0.29, 0.717) is 5.56 Å². The highest BCUT2D eigenvalue weighted by molar-refractivity contribution is 5.94. The smallest absolute Gasteiger partial charge is 0.255 e. The summed E-state index contributed by atoms with van der Waals surface area (Å²) in [7, 11) is 0. The Morgan fingerprint density at radius 2 is 2.17 bits per heavy atom. The molecule has 0 radical (unpaired) electrons. The van der Waals surface area contributed by atoms with E-state index in [0.717, 1.165) is 31.4 Å². The molecule has 1 N–H and O–H groups in total. The standard InChI is InChI=1S/C19H19N3O2/c23-19(15-9-10-24-13-15)21-17-7-4-8-18-16(17)11-20-22(18)12-14-5-2-1-3-6-14/h1-3,5-6,9-11,13,17H,4,7-8,12H2,(H,21,23)/t17-/m0/s1. The number of nitrogens with zero attached hydrogens (tertiary/aromatic N) is 2. The molecule has 1 aromatic carbocycles. The molecular weight excluding hydrogens is 302 g/mol. The van der Waals surface area contributed by atoms with Crippen molar-refractivity contribution in [3.63, 3.8) is 0 Å². The zero-order chi connectivity index (χ0) is 16.4. The van der Waals surface area contributed by atoms with Gasteiger partial charge in [0.05, 0.1) is 30.6 Å². The quantitative estimate of drug-likeness (QED) is 0.802. The summed E-state index contributed by atoms with van der Waals surface area (Å²) in [6, 6.07) is 12.0. The van der Waals surface area contributed by atoms with Crippen molar-refractivity contribution >= 4 is 5.91 Å². The number of furan rings is 1. The van der Waals surface area contributed by atoms with Crippen molar-refractivity contribution in [2.75, 3.05) is 0 Å². The van der Waals surface area contributed by atoms with Crippen molar-refractivity contribution in [1.82, 2.24) is 15.1 Å². The molecule has 122 valence electrons. The van der Waals surface area contributed by atoms with E-state index in [2.05, 4.69) is 27.2 Å². The molecule has 1 atom stereocenters. The molecular formula is C19H19N3O2. The molecule has 0 fully saturated rings. The number of benzene rings is 1. The molecule has 5 heteroatoms. The summed E-state index contributed by atoms with van der Waals surface area (Å²) >= 11 is 0. The van der Waals surface area contributed by atoms with Gasteiger partial charge < -0.3 is 9.73 Å². The SMILES string of the molecule is O=C(N[C@H]1CCCc2c1cnn2Cc1ccccc1)c1ccoc1. The molecule has 1 amide bonds. The first kappa shape index (κ1) is 14.8. The van der Waals surface area contributed by atoms with Crippen LogP contribution in [0.15, 0.2) is 59.5 Å². The van der Waals surface area contributed by atoms with Crippen molar-refractivity contribution < 1.29 is 9.21 Å². The summed E-state index contributed by atoms with van der Waals surface area (Å²) in [6.07, 6.45) is 7.87. The topological polar surface area (TPSA) is 60.1 Å². The second-order valence-corrected chi connectivity index (χ2v) is 6.12. The third kappa shape index (κ3) is 2.85. The van der Waals surface area contributed by atoms with E-state index in [4.69, 9.17) is 4.42 Å². The molecule has 0 spiro atoms. The van der Waals surface area contributed by atoms with Gasteiger partial charge >= 0.3 is 0 Å². The predicted molar refractivity (Wildman–Crippen MR) is 89.6 cm³/mol. The Bertz CT molecular complexity index is 822. The second kappa shape index (κ2) is 6.35. The number of carbonyl (C=O) groups is 1. The summed E-state index contributed by atoms with van der Waals surface area (Å²) in [5.41, 5.74) is 4.14. The van der Waals surface area contributed by atoms with Crippen LogP contribution >= 0.6 is 0 Å². The molecule has 24 heavy (non-hydrogen) atoms. The Balaban J connectivity index is 1.54. The van der Waals surface area contributed by atoms with Crippen LogP contribution in [0.4, 0.5) is 0 Å². The van der Waals surface area contributed by atoms with Gasteiger partial charge in [0.15, 0.2) is 0 Å². The van der Waals surface area contributed by atoms with Gasteiger partial charge in [-0.05, 0) is 30.9 Å². The van der Waals surface area contributed by atoms with E-state index in [1.165, 1.54) is 23.8 Å². The molecule has 0 unspecified atom stereocenters. The summed E-state index contributed by atoms with van der Waals surface area (Å²) in [6.45, 7) is 0.762. The van der Waals surface area contributed by atoms with Gasteiger partial charge in [0, 0.05) is 11.3 Å². The third-order valence-electron chi connectivity index (χ3n) is 4.53. The Morgan fingerprint density at radius 1 is 1.29 bits per heavy atom. The maximum atomic E-state index is 12.3. The number of rotatable bonds is 4. The van der Waals surface area contributed by atoms with Gasteiger partial charge in [-0.1, -0.05) is 30.3 Å². The van der Waals surface area contributed by atoms with Crippen LogP contribution in [0.1, 0.15) is 46.1 Å². The molecule has 0 saturated carbocycles. The Labute approximate surface area is 140 Å². The lowest BCUT2D eigenvalue weighted by molar-refractivity contribution is 0.0932. The first-order valence-corrected chi connectivity index (χ1v) is 8.23. The number of amides is 1. The Morgan fingerprint density at radius 3 is 2.96 bits per heavy atom. The van der Waals surface area contributed by atoms with E-state index >= 15 is 0 Å². The van der Waals surface area contributed by atoms with Crippen LogP contribution in [-0.2, 0) is 13.0 Å². The van der Waals surface area contributed by atoms with Crippen LogP contribution in [0, 0.1) is 0 Å². The first-order chi connectivity index (χ1) is 11.8. The first-order valence-electron chi connectivity index (χ1n) is 8.23. The number of hydrogen-bond donors (Lipinski definition) is 1. The molecule has 4 rings (SSSR count). The summed E-state index contributed by atoms with van der Waals surface area (Å²) in [5, 5.41) is 7.66. The normalized spacial score (nSPS) is 16.6. The van der Waals surface area contributed by atoms with E-state index in [9.17, 15) is 4.79 Å². The maximum Gasteiger partial charge on any atom is 0.255 e. The molecule has 0 aliphatic heterocycles. The molecule has 1 aliphatic carbocycles. The van der Waals surface area contributed by atoms with Gasteiger partial charge in [-0.25, -0.2) is 0 Å². The fourth-order valence-electron chi connectivity index (χ4n) is 3.30. The summed E-state index contributed by atoms with van der Waals surface area (Å²) < 4.78 is 7.04. The fraction of sp³-hybridized carbons (Fsp3) is 0.263. The highest BCUT2D eigenvalue weighted by atomic mass is 16.3. The lowest BCUT2D eigenvalue weighted by atomic mass is 9.92. The lowest BCUT2D eigenvalue weighted by Crippen LogP contribution is -2.30. The predicted octanol–water partition coefficient (Wildman–Crippen LogP) is 3.33. The molecule has 2 aromatic heterocycles. The van der Waals surface area contributed by atoms with Gasteiger partial charge in [0.2, 0.25) is 0 Å². The van der Waals surface area contributed by atoms with E-state index < -0.39 is 0 Å². The number of aromatic nitrogens is 2. The monoisotopic (exact) mass is 321 g/mol. The number of hydrogen-bond acceptors (Lipinski definition) is 3.